The lowest BCUT2D eigenvalue weighted by Gasteiger charge is -2.26. The summed E-state index contributed by atoms with van der Waals surface area (Å²) in [5, 5.41) is 2.16. The van der Waals surface area contributed by atoms with Crippen molar-refractivity contribution in [3.63, 3.8) is 0 Å². The number of esters is 1. The lowest BCUT2D eigenvalue weighted by atomic mass is 10.1. The highest BCUT2D eigenvalue weighted by Gasteiger charge is 2.36. The summed E-state index contributed by atoms with van der Waals surface area (Å²) in [4.78, 5) is 49.6. The van der Waals surface area contributed by atoms with Crippen LogP contribution in [0.3, 0.4) is 0 Å². The zero-order chi connectivity index (χ0) is 22.5. The van der Waals surface area contributed by atoms with Crippen LogP contribution in [0.2, 0.25) is 0 Å². The summed E-state index contributed by atoms with van der Waals surface area (Å²) in [5.74, 6) is -1.58. The van der Waals surface area contributed by atoms with E-state index in [0.717, 1.165) is 9.37 Å². The fourth-order valence-electron chi connectivity index (χ4n) is 2.74. The van der Waals surface area contributed by atoms with Crippen LogP contribution in [0.4, 0.5) is 10.5 Å². The second-order valence-electron chi connectivity index (χ2n) is 6.21. The van der Waals surface area contributed by atoms with E-state index in [1.165, 1.54) is 32.4 Å². The minimum absolute atomic E-state index is 0.229. The van der Waals surface area contributed by atoms with Crippen molar-refractivity contribution in [3.8, 4) is 11.5 Å². The summed E-state index contributed by atoms with van der Waals surface area (Å²) < 4.78 is 15.9. The number of barbiturate groups is 1. The molecule has 0 radical (unpaired) electrons. The van der Waals surface area contributed by atoms with Crippen LogP contribution >= 0.6 is 15.9 Å². The summed E-state index contributed by atoms with van der Waals surface area (Å²) in [6.07, 6.45) is 1.34. The maximum Gasteiger partial charge on any atom is 0.343 e. The number of nitrogens with zero attached hydrogens (tertiary/aromatic N) is 1. The van der Waals surface area contributed by atoms with Crippen LogP contribution in [0.15, 0.2) is 52.5 Å². The third-order valence-corrected chi connectivity index (χ3v) is 4.79. The van der Waals surface area contributed by atoms with Gasteiger partial charge in [0, 0.05) is 4.47 Å². The number of urea groups is 1. The molecule has 0 spiro atoms. The number of halogens is 1. The standard InChI is InChI=1S/C21H17BrN2O7/c1-29-17-10-12(3-8-16(17)31-11-18(25)30-2)9-15-19(26)23-21(28)24(20(15)27)14-6-4-13(22)5-7-14/h3-10H,11H2,1-2H3,(H,23,26,28)/b15-9+. The maximum atomic E-state index is 12.9. The van der Waals surface area contributed by atoms with Crippen LogP contribution in [0, 0.1) is 0 Å². The lowest BCUT2D eigenvalue weighted by Crippen LogP contribution is -2.54. The fraction of sp³-hybridized carbons (Fsp3) is 0.143. The van der Waals surface area contributed by atoms with Gasteiger partial charge >= 0.3 is 12.0 Å². The number of carbonyl (C=O) groups is 4. The van der Waals surface area contributed by atoms with E-state index in [-0.39, 0.29) is 23.7 Å². The molecule has 0 saturated carbocycles. The van der Waals surface area contributed by atoms with Crippen molar-refractivity contribution in [2.45, 2.75) is 0 Å². The molecule has 0 unspecified atom stereocenters. The van der Waals surface area contributed by atoms with E-state index in [4.69, 9.17) is 9.47 Å². The first-order valence-corrected chi connectivity index (χ1v) is 9.68. The topological polar surface area (TPSA) is 111 Å². The van der Waals surface area contributed by atoms with Crippen molar-refractivity contribution in [2.75, 3.05) is 25.7 Å². The molecule has 1 aliphatic rings. The van der Waals surface area contributed by atoms with Gasteiger partial charge in [-0.1, -0.05) is 22.0 Å². The minimum atomic E-state index is -0.835. The van der Waals surface area contributed by atoms with Crippen LogP contribution in [0.1, 0.15) is 5.56 Å². The largest absolute Gasteiger partial charge is 0.493 e. The Hall–Kier alpha value is -3.66. The first-order chi connectivity index (χ1) is 14.8. The number of hydrogen-bond acceptors (Lipinski definition) is 7. The molecular weight excluding hydrogens is 472 g/mol. The Balaban J connectivity index is 1.91. The van der Waals surface area contributed by atoms with Gasteiger partial charge in [0.2, 0.25) is 0 Å². The molecule has 0 aliphatic carbocycles. The molecule has 10 heteroatoms. The Morgan fingerprint density at radius 2 is 1.77 bits per heavy atom. The molecule has 31 heavy (non-hydrogen) atoms. The van der Waals surface area contributed by atoms with Crippen LogP contribution < -0.4 is 19.7 Å². The normalized spacial score (nSPS) is 15.0. The van der Waals surface area contributed by atoms with E-state index < -0.39 is 23.8 Å². The number of benzene rings is 2. The third kappa shape index (κ3) is 4.92. The first kappa shape index (κ1) is 22.0. The molecule has 9 nitrogen and oxygen atoms in total. The summed E-state index contributed by atoms with van der Waals surface area (Å²) >= 11 is 3.29. The van der Waals surface area contributed by atoms with Crippen molar-refractivity contribution in [3.05, 3.63) is 58.1 Å². The van der Waals surface area contributed by atoms with Crippen molar-refractivity contribution in [2.24, 2.45) is 0 Å². The molecule has 1 N–H and O–H groups in total. The number of carbonyl (C=O) groups excluding carboxylic acids is 4. The number of hydrogen-bond donors (Lipinski definition) is 1. The molecule has 1 heterocycles. The number of anilines is 1. The number of imide groups is 2. The Bertz CT molecular complexity index is 1080. The Morgan fingerprint density at radius 3 is 2.42 bits per heavy atom. The Kier molecular flexibility index (Phi) is 6.71. The van der Waals surface area contributed by atoms with Gasteiger partial charge in [-0.2, -0.15) is 0 Å². The van der Waals surface area contributed by atoms with Crippen molar-refractivity contribution in [1.29, 1.82) is 0 Å². The second kappa shape index (κ2) is 9.43. The summed E-state index contributed by atoms with van der Waals surface area (Å²) in [7, 11) is 2.65. The van der Waals surface area contributed by atoms with Gasteiger partial charge in [-0.3, -0.25) is 14.9 Å². The van der Waals surface area contributed by atoms with E-state index in [0.29, 0.717) is 11.3 Å². The Labute approximate surface area is 185 Å². The van der Waals surface area contributed by atoms with Gasteiger partial charge < -0.3 is 14.2 Å². The first-order valence-electron chi connectivity index (χ1n) is 8.88. The van der Waals surface area contributed by atoms with Crippen molar-refractivity contribution < 1.29 is 33.4 Å². The van der Waals surface area contributed by atoms with E-state index in [2.05, 4.69) is 26.0 Å². The molecule has 2 aromatic carbocycles. The number of amides is 4. The number of rotatable bonds is 6. The van der Waals surface area contributed by atoms with E-state index >= 15 is 0 Å². The molecule has 160 valence electrons. The monoisotopic (exact) mass is 488 g/mol. The van der Waals surface area contributed by atoms with E-state index in [1.807, 2.05) is 0 Å². The van der Waals surface area contributed by atoms with Crippen LogP contribution in [-0.4, -0.2) is 44.6 Å². The van der Waals surface area contributed by atoms with E-state index in [9.17, 15) is 19.2 Å². The minimum Gasteiger partial charge on any atom is -0.493 e. The zero-order valence-electron chi connectivity index (χ0n) is 16.5. The molecule has 1 aliphatic heterocycles. The predicted molar refractivity (Wildman–Crippen MR) is 114 cm³/mol. The molecule has 0 aromatic heterocycles. The molecule has 0 atom stereocenters. The zero-order valence-corrected chi connectivity index (χ0v) is 18.1. The van der Waals surface area contributed by atoms with E-state index in [1.54, 1.807) is 30.3 Å². The molecule has 2 aromatic rings. The molecule has 0 bridgehead atoms. The number of methoxy groups -OCH3 is 2. The van der Waals surface area contributed by atoms with Gasteiger partial charge in [0.15, 0.2) is 18.1 Å². The average molecular weight is 489 g/mol. The molecule has 3 rings (SSSR count). The van der Waals surface area contributed by atoms with Crippen molar-refractivity contribution >= 4 is 51.5 Å². The maximum absolute atomic E-state index is 12.9. The third-order valence-electron chi connectivity index (χ3n) is 4.26. The fourth-order valence-corrected chi connectivity index (χ4v) is 3.00. The lowest BCUT2D eigenvalue weighted by molar-refractivity contribution is -0.143. The Morgan fingerprint density at radius 1 is 1.06 bits per heavy atom. The molecule has 4 amide bonds. The summed E-state index contributed by atoms with van der Waals surface area (Å²) in [6, 6.07) is 10.3. The molecular formula is C21H17BrN2O7. The SMILES string of the molecule is COC(=O)COc1ccc(/C=C2\C(=O)NC(=O)N(c3ccc(Br)cc3)C2=O)cc1OC. The predicted octanol–water partition coefficient (Wildman–Crippen LogP) is 2.68. The second-order valence-corrected chi connectivity index (χ2v) is 7.13. The molecule has 1 saturated heterocycles. The van der Waals surface area contributed by atoms with Gasteiger partial charge in [-0.05, 0) is 48.0 Å². The quantitative estimate of drug-likeness (QED) is 0.377. The van der Waals surface area contributed by atoms with Crippen LogP contribution in [-0.2, 0) is 19.1 Å². The van der Waals surface area contributed by atoms with Gasteiger partial charge in [-0.25, -0.2) is 14.5 Å². The summed E-state index contributed by atoms with van der Waals surface area (Å²) in [5.41, 5.74) is 0.534. The van der Waals surface area contributed by atoms with Gasteiger partial charge in [0.25, 0.3) is 11.8 Å². The highest BCUT2D eigenvalue weighted by molar-refractivity contribution is 9.10. The van der Waals surface area contributed by atoms with Gasteiger partial charge in [0.1, 0.15) is 5.57 Å². The highest BCUT2D eigenvalue weighted by Crippen LogP contribution is 2.30. The van der Waals surface area contributed by atoms with Gasteiger partial charge in [0.05, 0.1) is 19.9 Å². The number of nitrogens with one attached hydrogen (secondary N) is 1. The van der Waals surface area contributed by atoms with Crippen molar-refractivity contribution in [1.82, 2.24) is 5.32 Å². The van der Waals surface area contributed by atoms with Crippen LogP contribution in [0.5, 0.6) is 11.5 Å². The average Bonchev–Trinajstić information content (AvgIpc) is 2.76. The van der Waals surface area contributed by atoms with Crippen LogP contribution in [0.25, 0.3) is 6.08 Å². The highest BCUT2D eigenvalue weighted by atomic mass is 79.9. The van der Waals surface area contributed by atoms with Gasteiger partial charge in [-0.15, -0.1) is 0 Å². The summed E-state index contributed by atoms with van der Waals surface area (Å²) in [6.45, 7) is -0.307. The smallest absolute Gasteiger partial charge is 0.343 e. The number of ether oxygens (including phenoxy) is 3. The molecule has 1 fully saturated rings.